The Hall–Kier alpha value is -4.06. The number of benzene rings is 2. The molecule has 2 aromatic rings. The van der Waals surface area contributed by atoms with Crippen molar-refractivity contribution in [3.8, 4) is 22.9 Å². The van der Waals surface area contributed by atoms with E-state index in [2.05, 4.69) is 5.32 Å². The van der Waals surface area contributed by atoms with Gasteiger partial charge in [-0.05, 0) is 41.7 Å². The number of nitrogens with one attached hydrogen (secondary N) is 1. The van der Waals surface area contributed by atoms with Gasteiger partial charge in [0.1, 0.15) is 24.4 Å². The third-order valence-electron chi connectivity index (χ3n) is 5.39. The van der Waals surface area contributed by atoms with Crippen LogP contribution in [0.1, 0.15) is 24.8 Å². The minimum Gasteiger partial charge on any atom is -0.497 e. The number of likely N-dealkylation sites (tertiary alicyclic amines) is 1. The van der Waals surface area contributed by atoms with Crippen molar-refractivity contribution in [3.05, 3.63) is 54.1 Å². The number of methoxy groups -OCH3 is 1. The Balaban J connectivity index is 1.56. The van der Waals surface area contributed by atoms with Gasteiger partial charge in [0.25, 0.3) is 0 Å². The van der Waals surface area contributed by atoms with Gasteiger partial charge >= 0.3 is 6.09 Å². The molecule has 0 unspecified atom stereocenters. The molecule has 0 aliphatic carbocycles. The van der Waals surface area contributed by atoms with Crippen LogP contribution in [0, 0.1) is 11.3 Å². The molecule has 1 saturated heterocycles. The zero-order chi connectivity index (χ0) is 23.8. The standard InChI is InChI=1S/C24H26N4O5/c1-32-20-5-2-4-18(12-20)17-9-7-16(8-10-17)15-33-24(31)28-11-3-6-21(28)23(30)27-19(14-25)13-22(26)29/h2,4-5,7-10,12,19,21H,3,6,11,13,15H2,1H3,(H2,26,29)(H,27,30)/t19-,21-/m0/s1. The molecule has 2 atom stereocenters. The molecule has 172 valence electrons. The molecular formula is C24H26N4O5. The third kappa shape index (κ3) is 6.23. The Morgan fingerprint density at radius 2 is 1.97 bits per heavy atom. The number of nitriles is 1. The highest BCUT2D eigenvalue weighted by atomic mass is 16.6. The number of hydrogen-bond donors (Lipinski definition) is 2. The van der Waals surface area contributed by atoms with Gasteiger partial charge in [-0.25, -0.2) is 4.79 Å². The SMILES string of the molecule is COc1cccc(-c2ccc(COC(=O)N3CCC[C@H]3C(=O)N[C@H](C#N)CC(N)=O)cc2)c1. The van der Waals surface area contributed by atoms with Crippen molar-refractivity contribution in [2.24, 2.45) is 5.73 Å². The monoisotopic (exact) mass is 450 g/mol. The largest absolute Gasteiger partial charge is 0.497 e. The number of nitrogens with two attached hydrogens (primary N) is 1. The number of primary amides is 1. The van der Waals surface area contributed by atoms with Gasteiger partial charge in [-0.1, -0.05) is 36.4 Å². The first-order valence-corrected chi connectivity index (χ1v) is 10.6. The third-order valence-corrected chi connectivity index (χ3v) is 5.39. The molecule has 1 aliphatic rings. The van der Waals surface area contributed by atoms with Crippen LogP contribution in [0.25, 0.3) is 11.1 Å². The zero-order valence-corrected chi connectivity index (χ0v) is 18.3. The molecule has 0 aromatic heterocycles. The molecule has 3 N–H and O–H groups in total. The molecule has 3 amide bonds. The van der Waals surface area contributed by atoms with E-state index in [0.29, 0.717) is 19.4 Å². The summed E-state index contributed by atoms with van der Waals surface area (Å²) in [5, 5.41) is 11.6. The van der Waals surface area contributed by atoms with Crippen LogP contribution in [0.4, 0.5) is 4.79 Å². The Morgan fingerprint density at radius 1 is 1.21 bits per heavy atom. The maximum atomic E-state index is 12.6. The van der Waals surface area contributed by atoms with Crippen molar-refractivity contribution < 1.29 is 23.9 Å². The topological polar surface area (TPSA) is 135 Å². The van der Waals surface area contributed by atoms with Crippen LogP contribution in [0.15, 0.2) is 48.5 Å². The summed E-state index contributed by atoms with van der Waals surface area (Å²) in [6.45, 7) is 0.434. The van der Waals surface area contributed by atoms with Gasteiger partial charge < -0.3 is 20.5 Å². The van der Waals surface area contributed by atoms with E-state index < -0.39 is 30.0 Å². The number of nitrogens with zero attached hydrogens (tertiary/aromatic N) is 2. The van der Waals surface area contributed by atoms with E-state index in [1.807, 2.05) is 54.6 Å². The lowest BCUT2D eigenvalue weighted by molar-refractivity contribution is -0.125. The second-order valence-corrected chi connectivity index (χ2v) is 7.70. The van der Waals surface area contributed by atoms with E-state index in [9.17, 15) is 14.4 Å². The average molecular weight is 450 g/mol. The second-order valence-electron chi connectivity index (χ2n) is 7.70. The van der Waals surface area contributed by atoms with E-state index in [-0.39, 0.29) is 13.0 Å². The molecule has 0 saturated carbocycles. The molecular weight excluding hydrogens is 424 g/mol. The fourth-order valence-corrected chi connectivity index (χ4v) is 3.68. The molecule has 1 fully saturated rings. The summed E-state index contributed by atoms with van der Waals surface area (Å²) >= 11 is 0. The number of amides is 3. The lowest BCUT2D eigenvalue weighted by atomic mass is 10.0. The predicted octanol–water partition coefficient (Wildman–Crippen LogP) is 2.35. The first-order chi connectivity index (χ1) is 15.9. The lowest BCUT2D eigenvalue weighted by Crippen LogP contribution is -2.49. The van der Waals surface area contributed by atoms with Gasteiger partial charge in [0.05, 0.1) is 19.6 Å². The molecule has 0 radical (unpaired) electrons. The van der Waals surface area contributed by atoms with Crippen LogP contribution in [0.3, 0.4) is 0 Å². The van der Waals surface area contributed by atoms with Gasteiger partial charge in [0.15, 0.2) is 0 Å². The molecule has 1 heterocycles. The zero-order valence-electron chi connectivity index (χ0n) is 18.3. The summed E-state index contributed by atoms with van der Waals surface area (Å²) in [7, 11) is 1.62. The van der Waals surface area contributed by atoms with Crippen molar-refractivity contribution in [2.75, 3.05) is 13.7 Å². The number of carbonyl (C=O) groups is 3. The van der Waals surface area contributed by atoms with Crippen molar-refractivity contribution in [1.82, 2.24) is 10.2 Å². The van der Waals surface area contributed by atoms with Gasteiger partial charge in [-0.15, -0.1) is 0 Å². The quantitative estimate of drug-likeness (QED) is 0.634. The Morgan fingerprint density at radius 3 is 2.64 bits per heavy atom. The van der Waals surface area contributed by atoms with Crippen LogP contribution in [0.2, 0.25) is 0 Å². The Kier molecular flexibility index (Phi) is 7.86. The Bertz CT molecular complexity index is 1050. The van der Waals surface area contributed by atoms with E-state index in [1.54, 1.807) is 7.11 Å². The molecule has 33 heavy (non-hydrogen) atoms. The minimum atomic E-state index is -1.03. The summed E-state index contributed by atoms with van der Waals surface area (Å²) in [6.07, 6.45) is 0.193. The number of ether oxygens (including phenoxy) is 2. The summed E-state index contributed by atoms with van der Waals surface area (Å²) in [5.41, 5.74) is 7.91. The van der Waals surface area contributed by atoms with E-state index in [0.717, 1.165) is 22.4 Å². The van der Waals surface area contributed by atoms with Crippen LogP contribution in [-0.2, 0) is 20.9 Å². The Labute approximate surface area is 192 Å². The number of carbonyl (C=O) groups excluding carboxylic acids is 3. The van der Waals surface area contributed by atoms with E-state index in [1.165, 1.54) is 4.90 Å². The molecule has 0 bridgehead atoms. The van der Waals surface area contributed by atoms with Crippen LogP contribution >= 0.6 is 0 Å². The summed E-state index contributed by atoms with van der Waals surface area (Å²) < 4.78 is 10.7. The van der Waals surface area contributed by atoms with Gasteiger partial charge in [0.2, 0.25) is 11.8 Å². The average Bonchev–Trinajstić information content (AvgIpc) is 3.32. The van der Waals surface area contributed by atoms with Crippen LogP contribution < -0.4 is 15.8 Å². The fourth-order valence-electron chi connectivity index (χ4n) is 3.68. The molecule has 1 aliphatic heterocycles. The van der Waals surface area contributed by atoms with Crippen molar-refractivity contribution in [3.63, 3.8) is 0 Å². The smallest absolute Gasteiger partial charge is 0.410 e. The highest BCUT2D eigenvalue weighted by Crippen LogP contribution is 2.24. The van der Waals surface area contributed by atoms with Crippen molar-refractivity contribution >= 4 is 17.9 Å². The molecule has 3 rings (SSSR count). The normalized spacial score (nSPS) is 15.9. The number of rotatable bonds is 8. The van der Waals surface area contributed by atoms with Crippen LogP contribution in [0.5, 0.6) is 5.75 Å². The second kappa shape index (κ2) is 11.0. The maximum absolute atomic E-state index is 12.6. The molecule has 9 nitrogen and oxygen atoms in total. The number of hydrogen-bond acceptors (Lipinski definition) is 6. The first kappa shape index (κ1) is 23.6. The van der Waals surface area contributed by atoms with Gasteiger partial charge in [-0.2, -0.15) is 5.26 Å². The van der Waals surface area contributed by atoms with Crippen molar-refractivity contribution in [1.29, 1.82) is 5.26 Å². The fraction of sp³-hybridized carbons (Fsp3) is 0.333. The first-order valence-electron chi connectivity index (χ1n) is 10.6. The molecule has 2 aromatic carbocycles. The van der Waals surface area contributed by atoms with E-state index >= 15 is 0 Å². The van der Waals surface area contributed by atoms with Crippen molar-refractivity contribution in [2.45, 2.75) is 38.0 Å². The maximum Gasteiger partial charge on any atom is 0.410 e. The summed E-state index contributed by atoms with van der Waals surface area (Å²) in [4.78, 5) is 37.5. The summed E-state index contributed by atoms with van der Waals surface area (Å²) in [5.74, 6) is -0.424. The molecule has 9 heteroatoms. The van der Waals surface area contributed by atoms with Gasteiger partial charge in [-0.3, -0.25) is 14.5 Å². The van der Waals surface area contributed by atoms with E-state index in [4.69, 9.17) is 20.5 Å². The van der Waals surface area contributed by atoms with Crippen LogP contribution in [-0.4, -0.2) is 48.5 Å². The predicted molar refractivity (Wildman–Crippen MR) is 120 cm³/mol. The van der Waals surface area contributed by atoms with Gasteiger partial charge in [0, 0.05) is 6.54 Å². The minimum absolute atomic E-state index is 0.0601. The highest BCUT2D eigenvalue weighted by Gasteiger charge is 2.36. The summed E-state index contributed by atoms with van der Waals surface area (Å²) in [6, 6.07) is 15.4. The lowest BCUT2D eigenvalue weighted by Gasteiger charge is -2.24. The highest BCUT2D eigenvalue weighted by molar-refractivity contribution is 5.87. The molecule has 0 spiro atoms.